The van der Waals surface area contributed by atoms with Crippen LogP contribution in [0.15, 0.2) is 60.7 Å². The first-order chi connectivity index (χ1) is 19.8. The van der Waals surface area contributed by atoms with Crippen molar-refractivity contribution in [2.24, 2.45) is 0 Å². The Morgan fingerprint density at radius 2 is 1.81 bits per heavy atom. The first-order valence-electron chi connectivity index (χ1n) is 13.3. The average molecular weight is 617 g/mol. The third-order valence-electron chi connectivity index (χ3n) is 6.55. The lowest BCUT2D eigenvalue weighted by molar-refractivity contribution is -0.151. The van der Waals surface area contributed by atoms with Gasteiger partial charge in [0.15, 0.2) is 0 Å². The van der Waals surface area contributed by atoms with Crippen LogP contribution in [0, 0.1) is 5.82 Å². The molecule has 11 heteroatoms. The van der Waals surface area contributed by atoms with Crippen molar-refractivity contribution >= 4 is 41.1 Å². The largest absolute Gasteiger partial charge is 0.457 e. The molecule has 3 aromatic rings. The zero-order chi connectivity index (χ0) is 30.6. The van der Waals surface area contributed by atoms with Gasteiger partial charge in [0.2, 0.25) is 0 Å². The van der Waals surface area contributed by atoms with Crippen LogP contribution in [0.4, 0.5) is 9.18 Å². The number of benzene rings is 3. The van der Waals surface area contributed by atoms with Crippen LogP contribution < -0.4 is 10.1 Å². The molecular formula is C31H32Cl2FN3O5. The molecule has 0 aromatic heterocycles. The number of carbonyl (C=O) groups is 3. The van der Waals surface area contributed by atoms with Crippen LogP contribution in [0.1, 0.15) is 43.5 Å². The monoisotopic (exact) mass is 615 g/mol. The number of amides is 3. The lowest BCUT2D eigenvalue weighted by Crippen LogP contribution is -2.47. The first-order valence-corrected chi connectivity index (χ1v) is 14.1. The summed E-state index contributed by atoms with van der Waals surface area (Å²) in [7, 11) is 1.51. The highest BCUT2D eigenvalue weighted by atomic mass is 35.5. The minimum atomic E-state index is -0.734. The molecule has 1 aliphatic rings. The van der Waals surface area contributed by atoms with Gasteiger partial charge in [0, 0.05) is 43.3 Å². The summed E-state index contributed by atoms with van der Waals surface area (Å²) in [6.45, 7) is 5.72. The number of hydrogen-bond acceptors (Lipinski definition) is 5. The fraction of sp³-hybridized carbons (Fsp3) is 0.323. The van der Waals surface area contributed by atoms with Gasteiger partial charge in [0.25, 0.3) is 0 Å². The van der Waals surface area contributed by atoms with Gasteiger partial charge in [0.1, 0.15) is 22.9 Å². The van der Waals surface area contributed by atoms with Gasteiger partial charge in [-0.3, -0.25) is 9.59 Å². The topological polar surface area (TPSA) is 88.2 Å². The van der Waals surface area contributed by atoms with Crippen molar-refractivity contribution in [1.29, 1.82) is 0 Å². The molecule has 3 aromatic carbocycles. The van der Waals surface area contributed by atoms with Crippen molar-refractivity contribution in [3.63, 3.8) is 0 Å². The molecule has 1 N–H and O–H groups in total. The molecule has 222 valence electrons. The summed E-state index contributed by atoms with van der Waals surface area (Å²) in [5.74, 6) is -1.42. The molecule has 1 heterocycles. The Morgan fingerprint density at radius 1 is 1.07 bits per heavy atom. The van der Waals surface area contributed by atoms with Gasteiger partial charge < -0.3 is 24.6 Å². The maximum absolute atomic E-state index is 13.6. The number of nitrogens with one attached hydrogen (secondary N) is 1. The number of ether oxygens (including phenoxy) is 2. The SMILES string of the molecule is CN(Cc1ccc(Cl)cc1Oc1ccc(F)c(Cl)c1)C(=O)C(=O)N1CCc2ccccc2C(NC(=O)OC(C)(C)C)C1. The number of halogens is 3. The summed E-state index contributed by atoms with van der Waals surface area (Å²) < 4.78 is 25.0. The summed E-state index contributed by atoms with van der Waals surface area (Å²) in [5, 5.41) is 3.15. The number of hydrogen-bond donors (Lipinski definition) is 1. The summed E-state index contributed by atoms with van der Waals surface area (Å²) in [4.78, 5) is 42.2. The van der Waals surface area contributed by atoms with Gasteiger partial charge in [-0.2, -0.15) is 0 Å². The molecule has 0 spiro atoms. The number of rotatable bonds is 5. The molecule has 0 saturated carbocycles. The molecule has 1 atom stereocenters. The van der Waals surface area contributed by atoms with Gasteiger partial charge in [-0.1, -0.05) is 53.5 Å². The minimum Gasteiger partial charge on any atom is -0.457 e. The lowest BCUT2D eigenvalue weighted by atomic mass is 10.00. The van der Waals surface area contributed by atoms with Crippen molar-refractivity contribution < 1.29 is 28.2 Å². The van der Waals surface area contributed by atoms with E-state index in [9.17, 15) is 18.8 Å². The quantitative estimate of drug-likeness (QED) is 0.330. The number of carbonyl (C=O) groups excluding carboxylic acids is 3. The van der Waals surface area contributed by atoms with Crippen molar-refractivity contribution in [1.82, 2.24) is 15.1 Å². The zero-order valence-electron chi connectivity index (χ0n) is 23.7. The van der Waals surface area contributed by atoms with Crippen LogP contribution in [-0.4, -0.2) is 53.4 Å². The van der Waals surface area contributed by atoms with E-state index in [2.05, 4.69) is 5.32 Å². The molecule has 1 aliphatic heterocycles. The van der Waals surface area contributed by atoms with E-state index >= 15 is 0 Å². The average Bonchev–Trinajstić information content (AvgIpc) is 3.10. The molecule has 8 nitrogen and oxygen atoms in total. The Balaban J connectivity index is 1.50. The van der Waals surface area contributed by atoms with Crippen LogP contribution in [0.5, 0.6) is 11.5 Å². The Kier molecular flexibility index (Phi) is 9.64. The Labute approximate surface area is 254 Å². The van der Waals surface area contributed by atoms with E-state index in [1.54, 1.807) is 39.0 Å². The van der Waals surface area contributed by atoms with Gasteiger partial charge in [-0.15, -0.1) is 0 Å². The Morgan fingerprint density at radius 3 is 2.52 bits per heavy atom. The molecule has 0 bridgehead atoms. The van der Waals surface area contributed by atoms with Crippen LogP contribution in [0.2, 0.25) is 10.0 Å². The standard InChI is InChI=1S/C31H32Cl2FN3O5/c1-31(2,3)42-30(40)35-26-18-37(14-13-19-7-5-6-8-23(19)26)29(39)28(38)36(4)17-20-9-10-21(32)15-27(20)41-22-11-12-25(34)24(33)16-22/h5-12,15-16,26H,13-14,17-18H2,1-4H3,(H,35,40). The predicted molar refractivity (Wildman–Crippen MR) is 158 cm³/mol. The molecule has 1 unspecified atom stereocenters. The highest BCUT2D eigenvalue weighted by Crippen LogP contribution is 2.32. The maximum Gasteiger partial charge on any atom is 0.408 e. The number of fused-ring (bicyclic) bond motifs is 1. The van der Waals surface area contributed by atoms with E-state index in [1.165, 1.54) is 35.0 Å². The van der Waals surface area contributed by atoms with Gasteiger partial charge in [-0.25, -0.2) is 9.18 Å². The molecule has 0 radical (unpaired) electrons. The van der Waals surface area contributed by atoms with Crippen LogP contribution in [0.25, 0.3) is 0 Å². The van der Waals surface area contributed by atoms with Crippen LogP contribution in [-0.2, 0) is 27.3 Å². The number of alkyl carbamates (subject to hydrolysis) is 1. The van der Waals surface area contributed by atoms with E-state index in [4.69, 9.17) is 32.7 Å². The smallest absolute Gasteiger partial charge is 0.408 e. The van der Waals surface area contributed by atoms with Gasteiger partial charge in [0.05, 0.1) is 11.1 Å². The molecule has 0 aliphatic carbocycles. The summed E-state index contributed by atoms with van der Waals surface area (Å²) in [6.07, 6.45) is -0.0985. The molecular weight excluding hydrogens is 584 g/mol. The Bertz CT molecular complexity index is 1490. The molecule has 0 fully saturated rings. The highest BCUT2D eigenvalue weighted by Gasteiger charge is 2.32. The third-order valence-corrected chi connectivity index (χ3v) is 7.07. The predicted octanol–water partition coefficient (Wildman–Crippen LogP) is 6.53. The fourth-order valence-corrected chi connectivity index (χ4v) is 4.90. The van der Waals surface area contributed by atoms with Crippen molar-refractivity contribution in [3.05, 3.63) is 93.2 Å². The maximum atomic E-state index is 13.6. The number of likely N-dealkylation sites (N-methyl/N-ethyl adjacent to an activating group) is 1. The second-order valence-electron chi connectivity index (χ2n) is 11.0. The molecule has 0 saturated heterocycles. The van der Waals surface area contributed by atoms with Crippen LogP contribution >= 0.6 is 23.2 Å². The summed E-state index contributed by atoms with van der Waals surface area (Å²) in [5.41, 5.74) is 1.70. The summed E-state index contributed by atoms with van der Waals surface area (Å²) in [6, 6.07) is 15.8. The minimum absolute atomic E-state index is 0.0274. The van der Waals surface area contributed by atoms with Gasteiger partial charge in [-0.05, 0) is 62.6 Å². The van der Waals surface area contributed by atoms with Crippen molar-refractivity contribution in [2.45, 2.75) is 45.4 Å². The van der Waals surface area contributed by atoms with Crippen molar-refractivity contribution in [3.8, 4) is 11.5 Å². The summed E-state index contributed by atoms with van der Waals surface area (Å²) >= 11 is 12.1. The molecule has 42 heavy (non-hydrogen) atoms. The van der Waals surface area contributed by atoms with E-state index in [0.717, 1.165) is 11.1 Å². The third kappa shape index (κ3) is 7.92. The molecule has 4 rings (SSSR count). The van der Waals surface area contributed by atoms with E-state index < -0.39 is 35.4 Å². The van der Waals surface area contributed by atoms with E-state index in [-0.39, 0.29) is 23.9 Å². The highest BCUT2D eigenvalue weighted by molar-refractivity contribution is 6.34. The second kappa shape index (κ2) is 13.0. The first kappa shape index (κ1) is 31.1. The fourth-order valence-electron chi connectivity index (χ4n) is 4.57. The number of nitrogens with zero attached hydrogens (tertiary/aromatic N) is 2. The lowest BCUT2D eigenvalue weighted by Gasteiger charge is -2.28. The zero-order valence-corrected chi connectivity index (χ0v) is 25.3. The van der Waals surface area contributed by atoms with Gasteiger partial charge >= 0.3 is 17.9 Å². The van der Waals surface area contributed by atoms with E-state index in [1.807, 2.05) is 24.3 Å². The molecule has 3 amide bonds. The van der Waals surface area contributed by atoms with Crippen LogP contribution in [0.3, 0.4) is 0 Å². The van der Waals surface area contributed by atoms with E-state index in [0.29, 0.717) is 29.3 Å². The normalized spacial score (nSPS) is 14.8. The second-order valence-corrected chi connectivity index (χ2v) is 11.8. The Hall–Kier alpha value is -3.82. The van der Waals surface area contributed by atoms with Crippen molar-refractivity contribution in [2.75, 3.05) is 20.1 Å².